The highest BCUT2D eigenvalue weighted by atomic mass is 32.2. The van der Waals surface area contributed by atoms with E-state index < -0.39 is 16.3 Å². The molecule has 1 aliphatic carbocycles. The molecule has 3 N–H and O–H groups in total. The van der Waals surface area contributed by atoms with Gasteiger partial charge in [-0.25, -0.2) is 13.1 Å². The van der Waals surface area contributed by atoms with Crippen LogP contribution >= 0.6 is 0 Å². The highest BCUT2D eigenvalue weighted by Gasteiger charge is 2.46. The van der Waals surface area contributed by atoms with Crippen LogP contribution in [0.5, 0.6) is 0 Å². The lowest BCUT2D eigenvalue weighted by atomic mass is 9.75. The molecule has 3 aliphatic rings. The normalized spacial score (nSPS) is 27.7. The molecular formula is C40H53N3O6S. The zero-order valence-corrected chi connectivity index (χ0v) is 30.6. The molecule has 0 radical (unpaired) electrons. The molecule has 2 aliphatic heterocycles. The molecule has 0 spiro atoms. The third-order valence-corrected chi connectivity index (χ3v) is 12.0. The second-order valence-corrected chi connectivity index (χ2v) is 17.1. The van der Waals surface area contributed by atoms with Crippen LogP contribution in [-0.2, 0) is 37.4 Å². The van der Waals surface area contributed by atoms with Gasteiger partial charge in [0.05, 0.1) is 29.8 Å². The minimum absolute atomic E-state index is 0.0202. The Morgan fingerprint density at radius 3 is 2.20 bits per heavy atom. The summed E-state index contributed by atoms with van der Waals surface area (Å²) in [7, 11) is -3.64. The van der Waals surface area contributed by atoms with Crippen molar-refractivity contribution >= 4 is 15.9 Å². The molecule has 3 aromatic carbocycles. The number of rotatable bonds is 10. The third-order valence-electron chi connectivity index (χ3n) is 10.6. The van der Waals surface area contributed by atoms with E-state index in [-0.39, 0.29) is 53.7 Å². The minimum atomic E-state index is -3.64. The van der Waals surface area contributed by atoms with Gasteiger partial charge in [0, 0.05) is 36.2 Å². The molecule has 7 atom stereocenters. The van der Waals surface area contributed by atoms with Gasteiger partial charge in [-0.3, -0.25) is 9.69 Å². The Hall–Kier alpha value is -3.12. The maximum atomic E-state index is 13.8. The molecule has 9 nitrogen and oxygen atoms in total. The monoisotopic (exact) mass is 703 g/mol. The fourth-order valence-corrected chi connectivity index (χ4v) is 8.96. The summed E-state index contributed by atoms with van der Waals surface area (Å²) < 4.78 is 41.9. The second-order valence-electron chi connectivity index (χ2n) is 15.3. The largest absolute Gasteiger partial charge is 0.392 e. The number of piperidine rings is 1. The summed E-state index contributed by atoms with van der Waals surface area (Å²) in [6.07, 6.45) is 5.46. The van der Waals surface area contributed by atoms with E-state index in [4.69, 9.17) is 9.47 Å². The van der Waals surface area contributed by atoms with Crippen molar-refractivity contribution in [2.45, 2.75) is 120 Å². The van der Waals surface area contributed by atoms with E-state index in [2.05, 4.69) is 21.9 Å². The van der Waals surface area contributed by atoms with Crippen molar-refractivity contribution in [1.82, 2.24) is 14.9 Å². The van der Waals surface area contributed by atoms with Gasteiger partial charge in [0.2, 0.25) is 15.9 Å². The van der Waals surface area contributed by atoms with Crippen molar-refractivity contribution in [3.05, 3.63) is 101 Å². The van der Waals surface area contributed by atoms with Crippen molar-refractivity contribution in [1.29, 1.82) is 0 Å². The molecule has 0 aromatic heterocycles. The molecule has 10 heteroatoms. The first-order valence-corrected chi connectivity index (χ1v) is 19.6. The summed E-state index contributed by atoms with van der Waals surface area (Å²) in [4.78, 5) is 16.5. The highest BCUT2D eigenvalue weighted by Crippen LogP contribution is 2.44. The Balaban J connectivity index is 1.25. The van der Waals surface area contributed by atoms with Crippen LogP contribution in [-0.4, -0.2) is 54.6 Å². The quantitative estimate of drug-likeness (QED) is 0.224. The van der Waals surface area contributed by atoms with Gasteiger partial charge in [0.25, 0.3) is 0 Å². The number of ether oxygens (including phenoxy) is 2. The lowest BCUT2D eigenvalue weighted by molar-refractivity contribution is -0.278. The van der Waals surface area contributed by atoms with Crippen LogP contribution in [0.25, 0.3) is 0 Å². The van der Waals surface area contributed by atoms with E-state index >= 15 is 0 Å². The maximum Gasteiger partial charge on any atom is 0.240 e. The van der Waals surface area contributed by atoms with Crippen LogP contribution in [0.3, 0.4) is 0 Å². The average Bonchev–Trinajstić information content (AvgIpc) is 3.11. The fourth-order valence-electron chi connectivity index (χ4n) is 7.92. The number of carbonyl (C=O) groups is 1. The summed E-state index contributed by atoms with van der Waals surface area (Å²) in [6.45, 7) is 9.01. The predicted octanol–water partition coefficient (Wildman–Crippen LogP) is 6.39. The zero-order chi connectivity index (χ0) is 35.5. The predicted molar refractivity (Wildman–Crippen MR) is 193 cm³/mol. The van der Waals surface area contributed by atoms with Gasteiger partial charge < -0.3 is 19.9 Å². The molecule has 3 fully saturated rings. The fraction of sp³-hybridized carbons (Fsp3) is 0.525. The standard InChI is InChI=1S/C40H53N3O6S/c1-27-36(25-43-34-13-9-8-10-30(34)22-23-35(43)38(45)42-40(2,3)4)48-39(49-37(27)31-18-16-29(26-44)17-19-31)32-20-14-28(15-21-32)24-41-50(46,47)33-11-6-5-7-12-33/h5-7,11-12,14-21,27,30,34-37,39,41,44H,8-10,13,22-26H2,1-4H3,(H,42,45)/t27-,30+,34+,35+,36+,37+,39+/m0/s1. The summed E-state index contributed by atoms with van der Waals surface area (Å²) in [5.41, 5.74) is 3.18. The van der Waals surface area contributed by atoms with Crippen LogP contribution in [0.4, 0.5) is 0 Å². The number of nitrogens with one attached hydrogen (secondary N) is 2. The van der Waals surface area contributed by atoms with Gasteiger partial charge in [-0.1, -0.05) is 86.5 Å². The maximum absolute atomic E-state index is 13.8. The van der Waals surface area contributed by atoms with Crippen LogP contribution in [0.15, 0.2) is 83.8 Å². The van der Waals surface area contributed by atoms with Crippen molar-refractivity contribution in [3.63, 3.8) is 0 Å². The molecule has 3 aromatic rings. The first kappa shape index (κ1) is 36.7. The van der Waals surface area contributed by atoms with E-state index in [0.29, 0.717) is 18.5 Å². The zero-order valence-electron chi connectivity index (χ0n) is 29.8. The summed E-state index contributed by atoms with van der Waals surface area (Å²) in [6, 6.07) is 24.0. The average molecular weight is 704 g/mol. The molecule has 1 amide bonds. The number of benzene rings is 3. The topological polar surface area (TPSA) is 117 Å². The molecule has 2 saturated heterocycles. The third kappa shape index (κ3) is 8.66. The number of aliphatic hydroxyl groups is 1. The number of fused-ring (bicyclic) bond motifs is 1. The Bertz CT molecular complexity index is 1680. The minimum Gasteiger partial charge on any atom is -0.392 e. The lowest BCUT2D eigenvalue weighted by Crippen LogP contribution is -2.61. The van der Waals surface area contributed by atoms with Crippen molar-refractivity contribution < 1.29 is 27.8 Å². The van der Waals surface area contributed by atoms with Crippen LogP contribution in [0, 0.1) is 11.8 Å². The van der Waals surface area contributed by atoms with Crippen LogP contribution in [0.1, 0.15) is 101 Å². The number of carbonyl (C=O) groups excluding carboxylic acids is 1. The number of amides is 1. The molecule has 50 heavy (non-hydrogen) atoms. The van der Waals surface area contributed by atoms with Crippen LogP contribution < -0.4 is 10.0 Å². The van der Waals surface area contributed by atoms with Gasteiger partial charge in [-0.2, -0.15) is 0 Å². The molecule has 270 valence electrons. The molecule has 0 unspecified atom stereocenters. The number of sulfonamides is 1. The number of hydrogen-bond donors (Lipinski definition) is 3. The summed E-state index contributed by atoms with van der Waals surface area (Å²) in [5.74, 6) is 0.655. The number of hydrogen-bond acceptors (Lipinski definition) is 7. The number of aliphatic hydroxyl groups excluding tert-OH is 1. The van der Waals surface area contributed by atoms with E-state index in [1.807, 2.05) is 69.3 Å². The number of likely N-dealkylation sites (tertiary alicyclic amines) is 1. The molecule has 6 rings (SSSR count). The van der Waals surface area contributed by atoms with Gasteiger partial charge >= 0.3 is 0 Å². The molecular weight excluding hydrogens is 651 g/mol. The van der Waals surface area contributed by atoms with Crippen molar-refractivity contribution in [3.8, 4) is 0 Å². The lowest BCUT2D eigenvalue weighted by Gasteiger charge is -2.51. The second kappa shape index (κ2) is 15.6. The first-order valence-electron chi connectivity index (χ1n) is 18.1. The Kier molecular flexibility index (Phi) is 11.5. The van der Waals surface area contributed by atoms with Crippen molar-refractivity contribution in [2.75, 3.05) is 6.54 Å². The van der Waals surface area contributed by atoms with E-state index in [1.165, 1.54) is 19.3 Å². The van der Waals surface area contributed by atoms with Crippen molar-refractivity contribution in [2.24, 2.45) is 11.8 Å². The summed E-state index contributed by atoms with van der Waals surface area (Å²) in [5, 5.41) is 12.9. The molecule has 2 heterocycles. The van der Waals surface area contributed by atoms with Crippen LogP contribution in [0.2, 0.25) is 0 Å². The molecule has 1 saturated carbocycles. The van der Waals surface area contributed by atoms with Gasteiger partial charge in [0.15, 0.2) is 6.29 Å². The SMILES string of the molecule is C[C@H]1[C@@H](CN2[C@@H](C(=O)NC(C)(C)C)CC[C@H]3CCCC[C@H]32)O[C@@H](c2ccc(CNS(=O)(=O)c3ccccc3)cc2)O[C@H]1c1ccc(CO)cc1. The van der Waals surface area contributed by atoms with Gasteiger partial charge in [0.1, 0.15) is 0 Å². The Morgan fingerprint density at radius 2 is 1.52 bits per heavy atom. The smallest absolute Gasteiger partial charge is 0.240 e. The van der Waals surface area contributed by atoms with E-state index in [9.17, 15) is 18.3 Å². The molecule has 0 bridgehead atoms. The van der Waals surface area contributed by atoms with E-state index in [0.717, 1.165) is 41.5 Å². The Morgan fingerprint density at radius 1 is 0.860 bits per heavy atom. The number of nitrogens with zero attached hydrogens (tertiary/aromatic N) is 1. The highest BCUT2D eigenvalue weighted by molar-refractivity contribution is 7.89. The van der Waals surface area contributed by atoms with E-state index in [1.54, 1.807) is 30.3 Å². The van der Waals surface area contributed by atoms with Gasteiger partial charge in [-0.15, -0.1) is 0 Å². The summed E-state index contributed by atoms with van der Waals surface area (Å²) >= 11 is 0. The van der Waals surface area contributed by atoms with Gasteiger partial charge in [-0.05, 0) is 81.2 Å². The Labute approximate surface area is 297 Å². The first-order chi connectivity index (χ1) is 23.9.